The van der Waals surface area contributed by atoms with Gasteiger partial charge in [-0.1, -0.05) is 0 Å². The molecule has 0 bridgehead atoms. The van der Waals surface area contributed by atoms with Gasteiger partial charge in [-0.25, -0.2) is 0 Å². The lowest BCUT2D eigenvalue weighted by atomic mass is 10.1. The molecule has 1 aliphatic heterocycles. The molecule has 0 atom stereocenters. The van der Waals surface area contributed by atoms with E-state index in [4.69, 9.17) is 24.9 Å². The molecule has 0 radical (unpaired) electrons. The average molecular weight is 282 g/mol. The first kappa shape index (κ1) is 13.1. The molecule has 1 aliphatic rings. The Morgan fingerprint density at radius 1 is 1.29 bits per heavy atom. The average Bonchev–Trinajstić information content (AvgIpc) is 3.13. The highest BCUT2D eigenvalue weighted by Gasteiger charge is 2.23. The number of nitrogen functional groups attached to an aromatic ring is 1. The van der Waals surface area contributed by atoms with Gasteiger partial charge in [-0.05, 0) is 30.3 Å². The molecule has 106 valence electrons. The summed E-state index contributed by atoms with van der Waals surface area (Å²) in [6, 6.07) is 11.4. The van der Waals surface area contributed by atoms with Crippen molar-refractivity contribution in [3.05, 3.63) is 41.5 Å². The van der Waals surface area contributed by atoms with Gasteiger partial charge in [0.25, 0.3) is 0 Å². The highest BCUT2D eigenvalue weighted by molar-refractivity contribution is 5.78. The van der Waals surface area contributed by atoms with E-state index in [0.717, 1.165) is 11.3 Å². The Morgan fingerprint density at radius 3 is 2.71 bits per heavy atom. The van der Waals surface area contributed by atoms with Crippen LogP contribution in [0.5, 0.6) is 5.75 Å². The Labute approximate surface area is 122 Å². The van der Waals surface area contributed by atoms with Crippen molar-refractivity contribution in [2.45, 2.75) is 6.42 Å². The summed E-state index contributed by atoms with van der Waals surface area (Å²) >= 11 is 0. The zero-order valence-electron chi connectivity index (χ0n) is 11.6. The largest absolute Gasteiger partial charge is 0.497 e. The van der Waals surface area contributed by atoms with Crippen LogP contribution in [-0.4, -0.2) is 13.7 Å². The highest BCUT2D eigenvalue weighted by Crippen LogP contribution is 2.36. The number of methoxy groups -OCH3 is 1. The van der Waals surface area contributed by atoms with E-state index in [1.54, 1.807) is 13.2 Å². The highest BCUT2D eigenvalue weighted by atomic mass is 16.5. The number of hydrogen-bond acceptors (Lipinski definition) is 5. The SMILES string of the molecule is COc1ccc(-c2cc(C3=C(C#N)CCO3)c(N)o2)cc1. The summed E-state index contributed by atoms with van der Waals surface area (Å²) in [5.74, 6) is 2.18. The predicted octanol–water partition coefficient (Wildman–Crippen LogP) is 3.19. The molecule has 1 aromatic carbocycles. The Kier molecular flexibility index (Phi) is 3.28. The fourth-order valence-electron chi connectivity index (χ4n) is 2.28. The van der Waals surface area contributed by atoms with Crippen molar-refractivity contribution >= 4 is 11.6 Å². The third-order valence-electron chi connectivity index (χ3n) is 3.39. The monoisotopic (exact) mass is 282 g/mol. The van der Waals surface area contributed by atoms with Crippen LogP contribution in [0.2, 0.25) is 0 Å². The molecule has 0 saturated heterocycles. The molecule has 2 aromatic rings. The second-order valence-electron chi connectivity index (χ2n) is 4.64. The minimum atomic E-state index is 0.255. The number of hydrogen-bond donors (Lipinski definition) is 1. The zero-order chi connectivity index (χ0) is 14.8. The first-order chi connectivity index (χ1) is 10.2. The van der Waals surface area contributed by atoms with Crippen LogP contribution in [0.15, 0.2) is 40.3 Å². The van der Waals surface area contributed by atoms with Crippen molar-refractivity contribution < 1.29 is 13.9 Å². The summed E-state index contributed by atoms with van der Waals surface area (Å²) < 4.78 is 16.2. The van der Waals surface area contributed by atoms with E-state index in [-0.39, 0.29) is 5.88 Å². The first-order valence-corrected chi connectivity index (χ1v) is 6.53. The van der Waals surface area contributed by atoms with Gasteiger partial charge in [-0.3, -0.25) is 0 Å². The fraction of sp³-hybridized carbons (Fsp3) is 0.188. The van der Waals surface area contributed by atoms with Gasteiger partial charge in [0.05, 0.1) is 30.9 Å². The molecule has 2 N–H and O–H groups in total. The summed E-state index contributed by atoms with van der Waals surface area (Å²) in [7, 11) is 1.62. The summed E-state index contributed by atoms with van der Waals surface area (Å²) in [4.78, 5) is 0. The number of nitrogens with zero attached hydrogens (tertiary/aromatic N) is 1. The Balaban J connectivity index is 2.00. The number of benzene rings is 1. The second-order valence-corrected chi connectivity index (χ2v) is 4.64. The lowest BCUT2D eigenvalue weighted by Gasteiger charge is -2.00. The van der Waals surface area contributed by atoms with Crippen LogP contribution in [0.4, 0.5) is 5.88 Å². The zero-order valence-corrected chi connectivity index (χ0v) is 11.6. The predicted molar refractivity (Wildman–Crippen MR) is 78.2 cm³/mol. The molecule has 0 aliphatic carbocycles. The smallest absolute Gasteiger partial charge is 0.202 e. The van der Waals surface area contributed by atoms with Gasteiger partial charge in [0.15, 0.2) is 0 Å². The molecular weight excluding hydrogens is 268 g/mol. The van der Waals surface area contributed by atoms with Crippen molar-refractivity contribution in [3.8, 4) is 23.1 Å². The molecule has 2 heterocycles. The van der Waals surface area contributed by atoms with Crippen LogP contribution < -0.4 is 10.5 Å². The number of ether oxygens (including phenoxy) is 2. The van der Waals surface area contributed by atoms with E-state index >= 15 is 0 Å². The van der Waals surface area contributed by atoms with Crippen LogP contribution in [0.3, 0.4) is 0 Å². The quantitative estimate of drug-likeness (QED) is 0.934. The van der Waals surface area contributed by atoms with Crippen molar-refractivity contribution in [3.63, 3.8) is 0 Å². The summed E-state index contributed by atoms with van der Waals surface area (Å²) in [5.41, 5.74) is 8.03. The molecule has 1 aromatic heterocycles. The van der Waals surface area contributed by atoms with Gasteiger partial charge < -0.3 is 19.6 Å². The third-order valence-corrected chi connectivity index (χ3v) is 3.39. The fourth-order valence-corrected chi connectivity index (χ4v) is 2.28. The van der Waals surface area contributed by atoms with E-state index in [1.807, 2.05) is 24.3 Å². The number of anilines is 1. The maximum Gasteiger partial charge on any atom is 0.202 e. The Morgan fingerprint density at radius 2 is 2.05 bits per heavy atom. The molecule has 0 amide bonds. The van der Waals surface area contributed by atoms with Crippen molar-refractivity contribution in [1.82, 2.24) is 0 Å². The van der Waals surface area contributed by atoms with Gasteiger partial charge in [0.2, 0.25) is 5.88 Å². The number of nitriles is 1. The minimum Gasteiger partial charge on any atom is -0.497 e. The number of nitrogens with two attached hydrogens (primary N) is 1. The molecule has 0 saturated carbocycles. The van der Waals surface area contributed by atoms with Crippen molar-refractivity contribution in [2.24, 2.45) is 0 Å². The van der Waals surface area contributed by atoms with Crippen LogP contribution in [0, 0.1) is 11.3 Å². The number of rotatable bonds is 3. The molecule has 21 heavy (non-hydrogen) atoms. The standard InChI is InChI=1S/C16H14N2O3/c1-19-12-4-2-10(3-5-12)14-8-13(16(18)21-14)15-11(9-17)6-7-20-15/h2-5,8H,6-7,18H2,1H3. The third kappa shape index (κ3) is 2.32. The molecule has 0 unspecified atom stereocenters. The van der Waals surface area contributed by atoms with Crippen LogP contribution in [0.1, 0.15) is 12.0 Å². The summed E-state index contributed by atoms with van der Waals surface area (Å²) in [5, 5.41) is 9.10. The summed E-state index contributed by atoms with van der Waals surface area (Å²) in [6.07, 6.45) is 0.605. The Hall–Kier alpha value is -2.87. The molecule has 3 rings (SSSR count). The normalized spacial score (nSPS) is 13.9. The summed E-state index contributed by atoms with van der Waals surface area (Å²) in [6.45, 7) is 0.501. The number of furan rings is 1. The van der Waals surface area contributed by atoms with Gasteiger partial charge in [-0.15, -0.1) is 0 Å². The topological polar surface area (TPSA) is 81.4 Å². The van der Waals surface area contributed by atoms with Gasteiger partial charge in [0.1, 0.15) is 17.3 Å². The second kappa shape index (κ2) is 5.25. The molecule has 5 heteroatoms. The van der Waals surface area contributed by atoms with Gasteiger partial charge >= 0.3 is 0 Å². The maximum absolute atomic E-state index is 9.10. The van der Waals surface area contributed by atoms with Crippen LogP contribution in [0.25, 0.3) is 17.1 Å². The van der Waals surface area contributed by atoms with E-state index in [2.05, 4.69) is 6.07 Å². The van der Waals surface area contributed by atoms with Crippen LogP contribution >= 0.6 is 0 Å². The molecule has 0 fully saturated rings. The van der Waals surface area contributed by atoms with Gasteiger partial charge in [0, 0.05) is 12.0 Å². The van der Waals surface area contributed by atoms with Crippen LogP contribution in [-0.2, 0) is 4.74 Å². The van der Waals surface area contributed by atoms with E-state index < -0.39 is 0 Å². The minimum absolute atomic E-state index is 0.255. The molecule has 5 nitrogen and oxygen atoms in total. The van der Waals surface area contributed by atoms with Crippen molar-refractivity contribution in [2.75, 3.05) is 19.5 Å². The van der Waals surface area contributed by atoms with E-state index in [9.17, 15) is 0 Å². The van der Waals surface area contributed by atoms with E-state index in [1.165, 1.54) is 0 Å². The van der Waals surface area contributed by atoms with Crippen molar-refractivity contribution in [1.29, 1.82) is 5.26 Å². The first-order valence-electron chi connectivity index (χ1n) is 6.53. The lowest BCUT2D eigenvalue weighted by molar-refractivity contribution is 0.307. The Bertz CT molecular complexity index is 736. The lowest BCUT2D eigenvalue weighted by Crippen LogP contribution is -1.90. The molecule has 0 spiro atoms. The molecular formula is C16H14N2O3. The maximum atomic E-state index is 9.10. The van der Waals surface area contributed by atoms with Gasteiger partial charge in [-0.2, -0.15) is 5.26 Å². The van der Waals surface area contributed by atoms with E-state index in [0.29, 0.717) is 35.7 Å².